The number of carbonyl (C=O) groups is 1. The number of ketones is 1. The molecule has 220 valence electrons. The number of hydrogen-bond donors (Lipinski definition) is 2. The summed E-state index contributed by atoms with van der Waals surface area (Å²) >= 11 is 0. The summed E-state index contributed by atoms with van der Waals surface area (Å²) in [5, 5.41) is 21.2. The lowest BCUT2D eigenvalue weighted by Crippen LogP contribution is -2.00. The molecule has 2 aromatic carbocycles. The van der Waals surface area contributed by atoms with Crippen LogP contribution in [0.3, 0.4) is 0 Å². The summed E-state index contributed by atoms with van der Waals surface area (Å²) in [6.45, 7) is 11.5. The van der Waals surface area contributed by atoms with Crippen molar-refractivity contribution in [1.29, 1.82) is 0 Å². The highest BCUT2D eigenvalue weighted by Gasteiger charge is 2.11. The smallest absolute Gasteiger partial charge is 0.185 e. The molecule has 0 radical (unpaired) electrons. The third kappa shape index (κ3) is 12.0. The summed E-state index contributed by atoms with van der Waals surface area (Å²) in [6.07, 6.45) is 17.0. The summed E-state index contributed by atoms with van der Waals surface area (Å²) in [5.74, 6) is 2.99. The molecule has 40 heavy (non-hydrogen) atoms. The molecule has 0 unspecified atom stereocenters. The monoisotopic (exact) mass is 548 g/mol. The molecule has 0 fully saturated rings. The van der Waals surface area contributed by atoms with E-state index < -0.39 is 0 Å². The molecule has 0 aromatic heterocycles. The van der Waals surface area contributed by atoms with Gasteiger partial charge in [0.1, 0.15) is 17.2 Å². The fourth-order valence-electron chi connectivity index (χ4n) is 5.08. The van der Waals surface area contributed by atoms with Crippen LogP contribution in [0.1, 0.15) is 114 Å². The van der Waals surface area contributed by atoms with Crippen LogP contribution in [0.4, 0.5) is 0 Å². The lowest BCUT2D eigenvalue weighted by Gasteiger charge is -2.15. The molecule has 2 rings (SSSR count). The number of phenols is 2. The number of ether oxygens (including phenoxy) is 1. The van der Waals surface area contributed by atoms with Crippen molar-refractivity contribution in [3.63, 3.8) is 0 Å². The topological polar surface area (TPSA) is 66.8 Å². The molecule has 4 nitrogen and oxygen atoms in total. The Balaban J connectivity index is 1.81. The molecular formula is C36H52O4. The number of allylic oxidation sites excluding steroid dienone is 3. The van der Waals surface area contributed by atoms with Gasteiger partial charge in [0.2, 0.25) is 0 Å². The van der Waals surface area contributed by atoms with Crippen molar-refractivity contribution in [2.24, 2.45) is 17.8 Å². The molecule has 0 amide bonds. The van der Waals surface area contributed by atoms with Gasteiger partial charge in [0, 0.05) is 16.7 Å². The van der Waals surface area contributed by atoms with E-state index in [-0.39, 0.29) is 17.3 Å². The van der Waals surface area contributed by atoms with Crippen LogP contribution < -0.4 is 4.74 Å². The van der Waals surface area contributed by atoms with Gasteiger partial charge < -0.3 is 14.9 Å². The standard InChI is InChI=1S/C36H52O4/c1-26(2)10-7-11-27(3)12-8-13-28(4)14-9-15-29(5)16-23-33-35(38)25-20-31(36(33)39)19-24-34(37)30-17-21-32(40-6)22-18-30/h16-22,24-28,38-39H,7-15,23H2,1-6H3/b24-19+,29-16+/t27-,28+/m1/s1. The van der Waals surface area contributed by atoms with Crippen LogP contribution in [0.5, 0.6) is 17.2 Å². The Morgan fingerprint density at radius 3 is 2.05 bits per heavy atom. The summed E-state index contributed by atoms with van der Waals surface area (Å²) < 4.78 is 5.14. The van der Waals surface area contributed by atoms with Crippen LogP contribution in [0.25, 0.3) is 6.08 Å². The van der Waals surface area contributed by atoms with Crippen LogP contribution in [-0.2, 0) is 6.42 Å². The Kier molecular flexibility index (Phi) is 14.6. The zero-order chi connectivity index (χ0) is 29.5. The van der Waals surface area contributed by atoms with Crippen LogP contribution in [0.2, 0.25) is 0 Å². The maximum atomic E-state index is 12.5. The Labute approximate surface area is 243 Å². The molecule has 0 aliphatic heterocycles. The van der Waals surface area contributed by atoms with Gasteiger partial charge in [0.25, 0.3) is 0 Å². The average Bonchev–Trinajstić information content (AvgIpc) is 2.92. The minimum atomic E-state index is -0.169. The maximum Gasteiger partial charge on any atom is 0.185 e. The molecule has 0 saturated heterocycles. The van der Waals surface area contributed by atoms with E-state index in [1.165, 1.54) is 56.6 Å². The van der Waals surface area contributed by atoms with Crippen LogP contribution in [-0.4, -0.2) is 23.1 Å². The van der Waals surface area contributed by atoms with Crippen LogP contribution in [0.15, 0.2) is 54.1 Å². The lowest BCUT2D eigenvalue weighted by molar-refractivity contribution is 0.104. The minimum absolute atomic E-state index is 0.00915. The van der Waals surface area contributed by atoms with Gasteiger partial charge in [-0.2, -0.15) is 0 Å². The van der Waals surface area contributed by atoms with Gasteiger partial charge in [0.15, 0.2) is 5.78 Å². The van der Waals surface area contributed by atoms with Crippen molar-refractivity contribution >= 4 is 11.9 Å². The van der Waals surface area contributed by atoms with E-state index in [2.05, 4.69) is 40.7 Å². The SMILES string of the molecule is COc1ccc(C(=O)/C=C/c2ccc(O)c(C/C=C(\C)CCC[C@@H](C)CCC[C@H](C)CCCC(C)C)c2O)cc1. The zero-order valence-corrected chi connectivity index (χ0v) is 25.7. The van der Waals surface area contributed by atoms with E-state index in [0.717, 1.165) is 30.6 Å². The second kappa shape index (κ2) is 17.6. The van der Waals surface area contributed by atoms with Crippen molar-refractivity contribution in [2.45, 2.75) is 98.8 Å². The second-order valence-corrected chi connectivity index (χ2v) is 12.0. The second-order valence-electron chi connectivity index (χ2n) is 12.0. The summed E-state index contributed by atoms with van der Waals surface area (Å²) in [4.78, 5) is 12.5. The van der Waals surface area contributed by atoms with Crippen molar-refractivity contribution in [2.75, 3.05) is 7.11 Å². The Hall–Kier alpha value is -3.01. The first-order valence-electron chi connectivity index (χ1n) is 15.2. The predicted molar refractivity (Wildman–Crippen MR) is 168 cm³/mol. The molecule has 0 aliphatic rings. The normalized spacial score (nSPS) is 13.6. The highest BCUT2D eigenvalue weighted by Crippen LogP contribution is 2.33. The number of phenolic OH excluding ortho intramolecular Hbond substituents is 2. The van der Waals surface area contributed by atoms with Crippen molar-refractivity contribution < 1.29 is 19.7 Å². The molecule has 0 saturated carbocycles. The lowest BCUT2D eigenvalue weighted by atomic mass is 9.91. The first-order chi connectivity index (χ1) is 19.1. The van der Waals surface area contributed by atoms with Crippen molar-refractivity contribution in [1.82, 2.24) is 0 Å². The highest BCUT2D eigenvalue weighted by atomic mass is 16.5. The zero-order valence-electron chi connectivity index (χ0n) is 25.7. The third-order valence-electron chi connectivity index (χ3n) is 7.87. The van der Waals surface area contributed by atoms with Gasteiger partial charge in [-0.1, -0.05) is 84.3 Å². The molecule has 0 heterocycles. The average molecular weight is 549 g/mol. The molecule has 0 bridgehead atoms. The Bertz CT molecular complexity index is 1090. The van der Waals surface area contributed by atoms with E-state index in [4.69, 9.17) is 4.74 Å². The Morgan fingerprint density at radius 1 is 0.850 bits per heavy atom. The van der Waals surface area contributed by atoms with E-state index in [1.54, 1.807) is 49.6 Å². The van der Waals surface area contributed by atoms with Gasteiger partial charge in [-0.15, -0.1) is 0 Å². The predicted octanol–water partition coefficient (Wildman–Crippen LogP) is 9.93. The quantitative estimate of drug-likeness (QED) is 0.110. The number of carbonyl (C=O) groups excluding carboxylic acids is 1. The van der Waals surface area contributed by atoms with E-state index >= 15 is 0 Å². The summed E-state index contributed by atoms with van der Waals surface area (Å²) in [7, 11) is 1.58. The first-order valence-corrected chi connectivity index (χ1v) is 15.2. The number of aromatic hydroxyl groups is 2. The summed E-state index contributed by atoms with van der Waals surface area (Å²) in [6, 6.07) is 10.1. The van der Waals surface area contributed by atoms with E-state index in [0.29, 0.717) is 28.9 Å². The maximum absolute atomic E-state index is 12.5. The number of methoxy groups -OCH3 is 1. The third-order valence-corrected chi connectivity index (χ3v) is 7.87. The fraction of sp³-hybridized carbons (Fsp3) is 0.528. The summed E-state index contributed by atoms with van der Waals surface area (Å²) in [5.41, 5.74) is 2.79. The van der Waals surface area contributed by atoms with Gasteiger partial charge >= 0.3 is 0 Å². The number of hydrogen-bond acceptors (Lipinski definition) is 4. The highest BCUT2D eigenvalue weighted by molar-refractivity contribution is 6.07. The fourth-order valence-corrected chi connectivity index (χ4v) is 5.08. The van der Waals surface area contributed by atoms with Gasteiger partial charge in [-0.25, -0.2) is 0 Å². The molecular weight excluding hydrogens is 496 g/mol. The largest absolute Gasteiger partial charge is 0.508 e. The van der Waals surface area contributed by atoms with Crippen molar-refractivity contribution in [3.8, 4) is 17.2 Å². The molecule has 4 heteroatoms. The van der Waals surface area contributed by atoms with Crippen LogP contribution >= 0.6 is 0 Å². The van der Waals surface area contributed by atoms with Gasteiger partial charge in [0.05, 0.1) is 7.11 Å². The molecule has 2 aromatic rings. The first kappa shape index (κ1) is 33.2. The van der Waals surface area contributed by atoms with Gasteiger partial charge in [-0.05, 0) is 92.5 Å². The number of benzene rings is 2. The molecule has 2 atom stereocenters. The molecule has 2 N–H and O–H groups in total. The Morgan fingerprint density at radius 2 is 1.45 bits per heavy atom. The van der Waals surface area contributed by atoms with Gasteiger partial charge in [-0.3, -0.25) is 4.79 Å². The molecule has 0 aliphatic carbocycles. The minimum Gasteiger partial charge on any atom is -0.508 e. The van der Waals surface area contributed by atoms with E-state index in [9.17, 15) is 15.0 Å². The van der Waals surface area contributed by atoms with Crippen molar-refractivity contribution in [3.05, 3.63) is 70.8 Å². The number of rotatable bonds is 18. The van der Waals surface area contributed by atoms with Crippen LogP contribution in [0, 0.1) is 17.8 Å². The molecule has 0 spiro atoms. The van der Waals surface area contributed by atoms with E-state index in [1.807, 2.05) is 0 Å².